The molecule has 5 aromatic rings. The van der Waals surface area contributed by atoms with E-state index < -0.39 is 6.04 Å². The molecular weight excluding hydrogens is 673 g/mol. The third-order valence-corrected chi connectivity index (χ3v) is 12.3. The highest BCUT2D eigenvalue weighted by Crippen LogP contribution is 2.39. The number of halogens is 1. The second-order valence-electron chi connectivity index (χ2n) is 15.3. The number of anilines is 2. The van der Waals surface area contributed by atoms with E-state index in [1.54, 1.807) is 7.11 Å². The molecule has 0 radical (unpaired) electrons. The highest BCUT2D eigenvalue weighted by Gasteiger charge is 2.32. The fraction of sp³-hybridized carbons (Fsp3) is 0.463. The molecule has 2 amide bonds. The summed E-state index contributed by atoms with van der Waals surface area (Å²) in [6.45, 7) is 3.82. The van der Waals surface area contributed by atoms with E-state index in [4.69, 9.17) is 4.74 Å². The van der Waals surface area contributed by atoms with Gasteiger partial charge in [0.15, 0.2) is 0 Å². The molecule has 1 unspecified atom stereocenters. The molecule has 0 spiro atoms. The first-order chi connectivity index (χ1) is 25.9. The SMILES string of the molecule is COc1cccc2c1c(=O)nc1n(C3CCCC3)c3cc(N4CCC(N5CCC(c6ccc(NC7CCC(=O)NC7=O)cc6F)CC5)CC4)ccc3n21. The molecule has 0 bridgehead atoms. The normalized spacial score (nSPS) is 21.2. The van der Waals surface area contributed by atoms with Gasteiger partial charge < -0.3 is 24.4 Å². The van der Waals surface area contributed by atoms with E-state index in [1.165, 1.54) is 24.6 Å². The van der Waals surface area contributed by atoms with Gasteiger partial charge in [-0.3, -0.25) is 24.1 Å². The average Bonchev–Trinajstić information content (AvgIpc) is 3.82. The number of methoxy groups -OCH3 is 1. The van der Waals surface area contributed by atoms with Crippen LogP contribution in [-0.4, -0.2) is 76.0 Å². The molecule has 3 aliphatic heterocycles. The Labute approximate surface area is 307 Å². The molecule has 53 heavy (non-hydrogen) atoms. The molecule has 3 aromatic carbocycles. The predicted molar refractivity (Wildman–Crippen MR) is 203 cm³/mol. The molecule has 9 rings (SSSR count). The lowest BCUT2D eigenvalue weighted by atomic mass is 9.87. The Morgan fingerprint density at radius 1 is 0.830 bits per heavy atom. The van der Waals surface area contributed by atoms with Crippen LogP contribution in [0.2, 0.25) is 0 Å². The Morgan fingerprint density at radius 2 is 1.62 bits per heavy atom. The first-order valence-electron chi connectivity index (χ1n) is 19.3. The maximum Gasteiger partial charge on any atom is 0.286 e. The van der Waals surface area contributed by atoms with Crippen molar-refractivity contribution in [1.82, 2.24) is 24.2 Å². The van der Waals surface area contributed by atoms with Crippen molar-refractivity contribution >= 4 is 50.9 Å². The lowest BCUT2D eigenvalue weighted by Gasteiger charge is -2.42. The number of imidazole rings is 1. The number of hydrogen-bond acceptors (Lipinski definition) is 8. The lowest BCUT2D eigenvalue weighted by molar-refractivity contribution is -0.133. The van der Waals surface area contributed by atoms with Crippen LogP contribution in [0.5, 0.6) is 5.75 Å². The number of aromatic nitrogens is 3. The molecular formula is C41H46FN7O4. The van der Waals surface area contributed by atoms with Gasteiger partial charge in [-0.05, 0) is 112 Å². The maximum absolute atomic E-state index is 15.4. The monoisotopic (exact) mass is 719 g/mol. The number of benzene rings is 3. The molecule has 3 saturated heterocycles. The molecule has 2 aromatic heterocycles. The van der Waals surface area contributed by atoms with Crippen molar-refractivity contribution in [3.05, 3.63) is 76.3 Å². The van der Waals surface area contributed by atoms with E-state index in [9.17, 15) is 14.4 Å². The van der Waals surface area contributed by atoms with Crippen molar-refractivity contribution in [2.75, 3.05) is 43.5 Å². The third-order valence-electron chi connectivity index (χ3n) is 12.3. The van der Waals surface area contributed by atoms with Crippen molar-refractivity contribution in [3.8, 4) is 5.75 Å². The number of likely N-dealkylation sites (tertiary alicyclic amines) is 1. The maximum atomic E-state index is 15.4. The molecule has 4 fully saturated rings. The lowest BCUT2D eigenvalue weighted by Crippen LogP contribution is -2.47. The van der Waals surface area contributed by atoms with Gasteiger partial charge in [-0.1, -0.05) is 25.0 Å². The number of amides is 2. The van der Waals surface area contributed by atoms with Gasteiger partial charge in [0, 0.05) is 43.0 Å². The van der Waals surface area contributed by atoms with E-state index in [0.717, 1.165) is 86.8 Å². The number of ether oxygens (including phenoxy) is 1. The molecule has 12 heteroatoms. The third kappa shape index (κ3) is 6.10. The van der Waals surface area contributed by atoms with E-state index in [1.807, 2.05) is 30.3 Å². The first-order valence-corrected chi connectivity index (χ1v) is 19.3. The number of imide groups is 1. The van der Waals surface area contributed by atoms with Crippen LogP contribution in [0.1, 0.15) is 81.7 Å². The Morgan fingerprint density at radius 3 is 2.36 bits per heavy atom. The van der Waals surface area contributed by atoms with Crippen molar-refractivity contribution in [2.45, 2.75) is 88.3 Å². The molecule has 4 aliphatic rings. The standard InChI is InChI=1S/C41H46FN7O4/c1-53-36-8-4-7-34-38(36)40(52)45-41-48(28-5-2-3-6-28)35-24-29(10-13-33(35)49(34)41)47-21-17-27(18-22-47)46-19-15-25(16-20-46)30-11-9-26(23-31(30)42)43-32-12-14-37(50)44-39(32)51/h4,7-11,13,23-25,27-28,32,43H,2-3,5-6,12,14-22H2,1H3,(H,44,50,51). The number of nitrogens with zero attached hydrogens (tertiary/aromatic N) is 5. The van der Waals surface area contributed by atoms with E-state index in [0.29, 0.717) is 41.1 Å². The van der Waals surface area contributed by atoms with E-state index >= 15 is 4.39 Å². The summed E-state index contributed by atoms with van der Waals surface area (Å²) in [5.74, 6) is 0.544. The Balaban J connectivity index is 0.883. The summed E-state index contributed by atoms with van der Waals surface area (Å²) in [4.78, 5) is 46.8. The molecule has 276 valence electrons. The molecule has 5 heterocycles. The van der Waals surface area contributed by atoms with E-state index in [2.05, 4.69) is 52.6 Å². The van der Waals surface area contributed by atoms with Crippen molar-refractivity contribution in [2.24, 2.45) is 0 Å². The Kier molecular flexibility index (Phi) is 8.80. The van der Waals surface area contributed by atoms with E-state index in [-0.39, 0.29) is 35.5 Å². The van der Waals surface area contributed by atoms with Crippen molar-refractivity contribution in [1.29, 1.82) is 0 Å². The van der Waals surface area contributed by atoms with Gasteiger partial charge in [0.2, 0.25) is 17.6 Å². The summed E-state index contributed by atoms with van der Waals surface area (Å²) in [6.07, 6.45) is 9.17. The number of piperidine rings is 3. The highest BCUT2D eigenvalue weighted by molar-refractivity contribution is 6.01. The molecule has 11 nitrogen and oxygen atoms in total. The number of carbonyl (C=O) groups is 2. The van der Waals surface area contributed by atoms with Crippen LogP contribution in [0.25, 0.3) is 27.7 Å². The van der Waals surface area contributed by atoms with Gasteiger partial charge >= 0.3 is 0 Å². The van der Waals surface area contributed by atoms with Gasteiger partial charge in [-0.15, -0.1) is 0 Å². The predicted octanol–water partition coefficient (Wildman–Crippen LogP) is 6.13. The fourth-order valence-electron chi connectivity index (χ4n) is 9.56. The molecule has 1 saturated carbocycles. The summed E-state index contributed by atoms with van der Waals surface area (Å²) in [5.41, 5.74) is 5.24. The zero-order valence-corrected chi connectivity index (χ0v) is 30.2. The topological polar surface area (TPSA) is 113 Å². The highest BCUT2D eigenvalue weighted by atomic mass is 19.1. The van der Waals surface area contributed by atoms with Gasteiger partial charge in [-0.2, -0.15) is 4.98 Å². The average molecular weight is 720 g/mol. The summed E-state index contributed by atoms with van der Waals surface area (Å²) in [7, 11) is 1.59. The molecule has 1 aliphatic carbocycles. The second-order valence-corrected chi connectivity index (χ2v) is 15.3. The van der Waals surface area contributed by atoms with Crippen LogP contribution in [0.4, 0.5) is 15.8 Å². The van der Waals surface area contributed by atoms with Crippen molar-refractivity contribution in [3.63, 3.8) is 0 Å². The minimum Gasteiger partial charge on any atom is -0.496 e. The summed E-state index contributed by atoms with van der Waals surface area (Å²) in [6, 6.07) is 18.0. The second kappa shape index (κ2) is 13.8. The van der Waals surface area contributed by atoms with Gasteiger partial charge in [-0.25, -0.2) is 4.39 Å². The van der Waals surface area contributed by atoms with Crippen LogP contribution in [0.15, 0.2) is 59.4 Å². The quantitative estimate of drug-likeness (QED) is 0.193. The summed E-state index contributed by atoms with van der Waals surface area (Å²) < 4.78 is 25.4. The minimum absolute atomic E-state index is 0.164. The van der Waals surface area contributed by atoms with Crippen LogP contribution in [0, 0.1) is 5.82 Å². The molecule has 1 atom stereocenters. The van der Waals surface area contributed by atoms with Crippen LogP contribution < -0.4 is 25.8 Å². The number of hydrogen-bond donors (Lipinski definition) is 2. The van der Waals surface area contributed by atoms with Gasteiger partial charge in [0.05, 0.1) is 23.7 Å². The van der Waals surface area contributed by atoms with Crippen LogP contribution in [0.3, 0.4) is 0 Å². The number of rotatable bonds is 7. The number of fused-ring (bicyclic) bond motifs is 5. The largest absolute Gasteiger partial charge is 0.496 e. The van der Waals surface area contributed by atoms with Gasteiger partial charge in [0.1, 0.15) is 23.0 Å². The van der Waals surface area contributed by atoms with Crippen LogP contribution in [-0.2, 0) is 9.59 Å². The number of nitrogens with one attached hydrogen (secondary N) is 2. The minimum atomic E-state index is -0.533. The summed E-state index contributed by atoms with van der Waals surface area (Å²) in [5, 5.41) is 5.95. The summed E-state index contributed by atoms with van der Waals surface area (Å²) >= 11 is 0. The zero-order chi connectivity index (χ0) is 36.2. The van der Waals surface area contributed by atoms with Gasteiger partial charge in [0.25, 0.3) is 5.56 Å². The Bertz CT molecular complexity index is 2280. The van der Waals surface area contributed by atoms with Crippen molar-refractivity contribution < 1.29 is 18.7 Å². The zero-order valence-electron chi connectivity index (χ0n) is 30.2. The fourth-order valence-corrected chi connectivity index (χ4v) is 9.56. The van der Waals surface area contributed by atoms with Crippen LogP contribution >= 0.6 is 0 Å². The molecule has 2 N–H and O–H groups in total. The number of carbonyl (C=O) groups excluding carboxylic acids is 2. The Hall–Kier alpha value is -4.97. The smallest absolute Gasteiger partial charge is 0.286 e. The first kappa shape index (κ1) is 33.8.